The molecule has 2 aromatic carbocycles. The average Bonchev–Trinajstić information content (AvgIpc) is 3.71. The van der Waals surface area contributed by atoms with Crippen LogP contribution in [0.2, 0.25) is 0 Å². The van der Waals surface area contributed by atoms with Crippen molar-refractivity contribution in [3.8, 4) is 28.6 Å². The molecule has 2 fully saturated rings. The molecule has 0 saturated carbocycles. The van der Waals surface area contributed by atoms with Crippen molar-refractivity contribution in [1.29, 1.82) is 5.26 Å². The Labute approximate surface area is 284 Å². The van der Waals surface area contributed by atoms with Crippen LogP contribution in [0.15, 0.2) is 59.3 Å². The third kappa shape index (κ3) is 8.62. The molecule has 6 rings (SSSR count). The molecule has 4 heterocycles. The van der Waals surface area contributed by atoms with Gasteiger partial charge in [-0.1, -0.05) is 7.43 Å². The van der Waals surface area contributed by atoms with E-state index in [-0.39, 0.29) is 62.1 Å². The van der Waals surface area contributed by atoms with Gasteiger partial charge in [0.2, 0.25) is 0 Å². The van der Waals surface area contributed by atoms with E-state index in [2.05, 4.69) is 11.1 Å². The minimum atomic E-state index is -0.527. The molecule has 0 aliphatic carbocycles. The quantitative estimate of drug-likeness (QED) is 0.340. The second-order valence-electron chi connectivity index (χ2n) is 9.99. The van der Waals surface area contributed by atoms with Crippen molar-refractivity contribution in [2.75, 3.05) is 33.0 Å². The first-order chi connectivity index (χ1) is 19.5. The third-order valence-electron chi connectivity index (χ3n) is 7.55. The Morgan fingerprint density at radius 2 is 1.21 bits per heavy atom. The Kier molecular flexibility index (Phi) is 14.7. The van der Waals surface area contributed by atoms with E-state index in [1.807, 2.05) is 10.8 Å². The molecular weight excluding hydrogens is 596 g/mol. The smallest absolute Gasteiger partial charge is 1.00 e. The van der Waals surface area contributed by atoms with Crippen LogP contribution in [0.1, 0.15) is 44.6 Å². The Bertz CT molecular complexity index is 1460. The van der Waals surface area contributed by atoms with Crippen LogP contribution in [0.25, 0.3) is 22.5 Å². The van der Waals surface area contributed by atoms with Crippen molar-refractivity contribution in [3.63, 3.8) is 0 Å². The van der Waals surface area contributed by atoms with Gasteiger partial charge in [0.25, 0.3) is 0 Å². The number of halogens is 2. The van der Waals surface area contributed by atoms with Crippen molar-refractivity contribution in [2.45, 2.75) is 43.9 Å². The number of ether oxygens (including phenoxy) is 2. The summed E-state index contributed by atoms with van der Waals surface area (Å²) in [7, 11) is 0. The van der Waals surface area contributed by atoms with Gasteiger partial charge in [-0.05, 0) is 74.2 Å². The SMILES string of the molecule is C.N#CC1(c2nc(-c3ccc(F)cc3)cs2)CCOCC1.NCC1(c2nc(-c3ccc(F)cc3)cs2)CCOCC1.[AlH3].[H-].[Li+]. The van der Waals surface area contributed by atoms with Crippen LogP contribution in [0.4, 0.5) is 8.78 Å². The maximum atomic E-state index is 13.0. The molecule has 0 bridgehead atoms. The molecule has 2 N–H and O–H groups in total. The van der Waals surface area contributed by atoms with Crippen molar-refractivity contribution < 1.29 is 38.5 Å². The summed E-state index contributed by atoms with van der Waals surface area (Å²) in [5, 5.41) is 15.4. The number of hydrogen-bond acceptors (Lipinski definition) is 8. The largest absolute Gasteiger partial charge is 1.00 e. The molecule has 0 spiro atoms. The van der Waals surface area contributed by atoms with Crippen LogP contribution in [0.5, 0.6) is 0 Å². The van der Waals surface area contributed by atoms with Gasteiger partial charge in [0.05, 0.1) is 17.5 Å². The first-order valence-corrected chi connectivity index (χ1v) is 14.9. The van der Waals surface area contributed by atoms with Crippen LogP contribution in [-0.2, 0) is 20.3 Å². The van der Waals surface area contributed by atoms with Gasteiger partial charge in [0, 0.05) is 60.3 Å². The summed E-state index contributed by atoms with van der Waals surface area (Å²) < 4.78 is 36.7. The summed E-state index contributed by atoms with van der Waals surface area (Å²) in [6.07, 6.45) is 3.19. The summed E-state index contributed by atoms with van der Waals surface area (Å²) >= 11 is 3.13. The van der Waals surface area contributed by atoms with E-state index >= 15 is 0 Å². The van der Waals surface area contributed by atoms with Crippen molar-refractivity contribution in [3.05, 3.63) is 80.9 Å². The van der Waals surface area contributed by atoms with Crippen molar-refractivity contribution >= 4 is 40.0 Å². The third-order valence-corrected chi connectivity index (χ3v) is 9.69. The number of aromatic nitrogens is 2. The minimum absolute atomic E-state index is 0. The summed E-state index contributed by atoms with van der Waals surface area (Å²) in [5.41, 5.74) is 8.92. The maximum Gasteiger partial charge on any atom is 1.00 e. The van der Waals surface area contributed by atoms with Gasteiger partial charge >= 0.3 is 18.9 Å². The molecule has 0 unspecified atom stereocenters. The fourth-order valence-corrected chi connectivity index (χ4v) is 7.02. The second-order valence-corrected chi connectivity index (χ2v) is 11.7. The molecule has 0 radical (unpaired) electrons. The van der Waals surface area contributed by atoms with E-state index in [9.17, 15) is 14.0 Å². The number of rotatable bonds is 5. The van der Waals surface area contributed by atoms with E-state index in [4.69, 9.17) is 20.2 Å². The molecular formula is C31H38AlF2LiN4O2S2. The normalized spacial score (nSPS) is 16.6. The van der Waals surface area contributed by atoms with Crippen LogP contribution in [0.3, 0.4) is 0 Å². The zero-order valence-electron chi connectivity index (χ0n) is 23.9. The van der Waals surface area contributed by atoms with Crippen molar-refractivity contribution in [2.24, 2.45) is 5.73 Å². The number of nitrogens with zero attached hydrogens (tertiary/aromatic N) is 3. The van der Waals surface area contributed by atoms with Crippen LogP contribution in [-0.4, -0.2) is 60.3 Å². The van der Waals surface area contributed by atoms with Crippen LogP contribution in [0, 0.1) is 23.0 Å². The van der Waals surface area contributed by atoms with Crippen LogP contribution >= 0.6 is 22.7 Å². The van der Waals surface area contributed by atoms with Gasteiger partial charge in [-0.15, -0.1) is 22.7 Å². The van der Waals surface area contributed by atoms with Gasteiger partial charge < -0.3 is 16.6 Å². The van der Waals surface area contributed by atoms with Crippen molar-refractivity contribution in [1.82, 2.24) is 9.97 Å². The Hall–Kier alpha value is -1.94. The Morgan fingerprint density at radius 3 is 1.65 bits per heavy atom. The molecule has 0 atom stereocenters. The molecule has 2 aliphatic rings. The number of benzene rings is 2. The van der Waals surface area contributed by atoms with E-state index in [0.717, 1.165) is 58.6 Å². The monoisotopic (exact) mass is 634 g/mol. The summed E-state index contributed by atoms with van der Waals surface area (Å²) in [4.78, 5) is 9.33. The Balaban J connectivity index is 0.000000403. The summed E-state index contributed by atoms with van der Waals surface area (Å²) in [6.45, 7) is 3.26. The second kappa shape index (κ2) is 16.9. The first kappa shape index (κ1) is 37.2. The predicted molar refractivity (Wildman–Crippen MR) is 171 cm³/mol. The molecule has 6 nitrogen and oxygen atoms in total. The Morgan fingerprint density at radius 1 is 0.791 bits per heavy atom. The van der Waals surface area contributed by atoms with E-state index in [0.29, 0.717) is 32.6 Å². The zero-order valence-corrected chi connectivity index (χ0v) is 24.6. The number of hydrogen-bond donors (Lipinski definition) is 1. The van der Waals surface area contributed by atoms with Gasteiger partial charge in [-0.25, -0.2) is 18.7 Å². The standard InChI is InChI=1S/C15H17FN2OS.C15H13FN2OS.CH4.Al.Li.4H/c2*16-12-3-1-11(2-4-12)13-9-20-14(18-13)15(10-17)5-7-19-8-6-15;;;;;;;/h1-4,9H,5-8,10,17H2;1-4,9H,5-8H2;1H4;;;;;;/q;;;;+1;;;;-1. The molecule has 2 saturated heterocycles. The number of thiazole rings is 2. The van der Waals surface area contributed by atoms with Gasteiger partial charge in [0.15, 0.2) is 17.4 Å². The van der Waals surface area contributed by atoms with E-state index < -0.39 is 5.41 Å². The number of nitrogens with two attached hydrogens (primary N) is 1. The van der Waals surface area contributed by atoms with Gasteiger partial charge in [-0.2, -0.15) is 5.26 Å². The molecule has 0 amide bonds. The van der Waals surface area contributed by atoms with E-state index in [1.54, 1.807) is 35.6 Å². The summed E-state index contributed by atoms with van der Waals surface area (Å²) in [6, 6.07) is 15.1. The minimum Gasteiger partial charge on any atom is -1.00 e. The van der Waals surface area contributed by atoms with Crippen LogP contribution < -0.4 is 24.6 Å². The molecule has 12 heteroatoms. The zero-order chi connectivity index (χ0) is 28.0. The molecule has 43 heavy (non-hydrogen) atoms. The average molecular weight is 635 g/mol. The fourth-order valence-electron chi connectivity index (χ4n) is 4.88. The first-order valence-electron chi connectivity index (χ1n) is 13.2. The molecule has 2 aromatic heterocycles. The van der Waals surface area contributed by atoms with E-state index in [1.165, 1.54) is 35.6 Å². The molecule has 2 aliphatic heterocycles. The van der Waals surface area contributed by atoms with Gasteiger partial charge in [0.1, 0.15) is 27.1 Å². The predicted octanol–water partition coefficient (Wildman–Crippen LogP) is 3.05. The summed E-state index contributed by atoms with van der Waals surface area (Å²) in [5.74, 6) is -0.491. The van der Waals surface area contributed by atoms with Gasteiger partial charge in [-0.3, -0.25) is 0 Å². The molecule has 224 valence electrons. The topological polar surface area (TPSA) is 94.0 Å². The molecule has 4 aromatic rings. The fraction of sp³-hybridized carbons (Fsp3) is 0.387. The number of nitriles is 1. The maximum absolute atomic E-state index is 13.0.